The molecule has 192 valence electrons. The zero-order valence-corrected chi connectivity index (χ0v) is 22.8. The highest BCUT2D eigenvalue weighted by atomic mass is 16.6. The summed E-state index contributed by atoms with van der Waals surface area (Å²) < 4.78 is 6.01. The number of rotatable bonds is 4. The summed E-state index contributed by atoms with van der Waals surface area (Å²) in [4.78, 5) is 12.8. The molecule has 5 rings (SSSR count). The van der Waals surface area contributed by atoms with Crippen LogP contribution in [0.5, 0.6) is 0 Å². The number of allylic oxidation sites excluding steroid dienone is 2. The predicted octanol–water partition coefficient (Wildman–Crippen LogP) is 5.70. The highest BCUT2D eigenvalue weighted by Gasteiger charge is 2.67. The summed E-state index contributed by atoms with van der Waals surface area (Å²) in [5.74, 6) is 2.42. The molecule has 2 N–H and O–H groups in total. The van der Waals surface area contributed by atoms with Crippen molar-refractivity contribution in [1.82, 2.24) is 0 Å². The second-order valence-electron chi connectivity index (χ2n) is 14.6. The molecule has 0 radical (unpaired) electrons. The van der Waals surface area contributed by atoms with Crippen molar-refractivity contribution < 1.29 is 19.7 Å². The minimum Gasteiger partial charge on any atom is -0.388 e. The molecule has 4 nitrogen and oxygen atoms in total. The van der Waals surface area contributed by atoms with Crippen LogP contribution < -0.4 is 0 Å². The minimum absolute atomic E-state index is 0.0377. The summed E-state index contributed by atoms with van der Waals surface area (Å²) in [7, 11) is 0. The molecule has 0 spiro atoms. The Labute approximate surface area is 206 Å². The van der Waals surface area contributed by atoms with E-state index < -0.39 is 11.7 Å². The molecule has 4 aliphatic carbocycles. The van der Waals surface area contributed by atoms with Crippen LogP contribution in [-0.2, 0) is 9.53 Å². The van der Waals surface area contributed by atoms with Crippen LogP contribution in [0.1, 0.15) is 100 Å². The number of ketones is 1. The molecule has 34 heavy (non-hydrogen) atoms. The van der Waals surface area contributed by atoms with Gasteiger partial charge in [-0.1, -0.05) is 53.2 Å². The Morgan fingerprint density at radius 3 is 2.38 bits per heavy atom. The Balaban J connectivity index is 1.42. The van der Waals surface area contributed by atoms with Gasteiger partial charge in [-0.25, -0.2) is 0 Å². The number of Topliss-reactive ketones (excluding diaryl/α,β-unsaturated/α-hetero) is 1. The fourth-order valence-corrected chi connectivity index (χ4v) is 9.84. The third-order valence-electron chi connectivity index (χ3n) is 12.4. The second-order valence-corrected chi connectivity index (χ2v) is 14.6. The lowest BCUT2D eigenvalue weighted by Crippen LogP contribution is -2.57. The Bertz CT molecular complexity index is 898. The van der Waals surface area contributed by atoms with Crippen LogP contribution in [0.15, 0.2) is 11.6 Å². The standard InChI is InChI=1S/C30H48O4/c1-17(23-24(34-23)25(32)27(4,5)33)18-11-15-30(8)20-9-10-21-26(2,3)22(31)13-14-28(21,6)19(20)12-16-29(18,30)7/h9,17-19,21,23-25,32-33H,10-16H2,1-8H3/t17-,18+,19+,21+,23?,24?,25?,28-,29+,30-/m1/s1. The monoisotopic (exact) mass is 472 g/mol. The van der Waals surface area contributed by atoms with Gasteiger partial charge >= 0.3 is 0 Å². The molecule has 3 unspecified atom stereocenters. The maximum Gasteiger partial charge on any atom is 0.138 e. The molecule has 4 heteroatoms. The van der Waals surface area contributed by atoms with Crippen molar-refractivity contribution in [3.05, 3.63) is 11.6 Å². The van der Waals surface area contributed by atoms with Gasteiger partial charge in [0.2, 0.25) is 0 Å². The number of hydrogen-bond donors (Lipinski definition) is 2. The molecule has 10 atom stereocenters. The largest absolute Gasteiger partial charge is 0.388 e. The minimum atomic E-state index is -1.14. The van der Waals surface area contributed by atoms with Gasteiger partial charge in [-0.2, -0.15) is 0 Å². The van der Waals surface area contributed by atoms with Gasteiger partial charge in [0.25, 0.3) is 0 Å². The van der Waals surface area contributed by atoms with Gasteiger partial charge in [0.15, 0.2) is 0 Å². The summed E-state index contributed by atoms with van der Waals surface area (Å²) in [6.45, 7) is 17.6. The van der Waals surface area contributed by atoms with Crippen LogP contribution in [0.3, 0.4) is 0 Å². The quantitative estimate of drug-likeness (QED) is 0.407. The van der Waals surface area contributed by atoms with Crippen LogP contribution in [0.2, 0.25) is 0 Å². The Hall–Kier alpha value is -0.710. The third kappa shape index (κ3) is 3.16. The number of aliphatic hydroxyl groups excluding tert-OH is 1. The van der Waals surface area contributed by atoms with Crippen molar-refractivity contribution in [3.8, 4) is 0 Å². The zero-order valence-electron chi connectivity index (χ0n) is 22.8. The SMILES string of the molecule is C[C@@H](C1OC1C(O)C(C)(C)O)[C@@H]1CC[C@]2(C)C3=CC[C@H]4C(C)(C)C(=O)CC[C@]4(C)[C@H]3CC[C@@]12C. The van der Waals surface area contributed by atoms with Crippen molar-refractivity contribution >= 4 is 5.78 Å². The van der Waals surface area contributed by atoms with Crippen LogP contribution in [0.25, 0.3) is 0 Å². The van der Waals surface area contributed by atoms with Crippen molar-refractivity contribution in [2.75, 3.05) is 0 Å². The number of carbonyl (C=O) groups excluding carboxylic acids is 1. The number of epoxide rings is 1. The predicted molar refractivity (Wildman–Crippen MR) is 134 cm³/mol. The topological polar surface area (TPSA) is 70.1 Å². The van der Waals surface area contributed by atoms with E-state index in [9.17, 15) is 15.0 Å². The van der Waals surface area contributed by atoms with Crippen molar-refractivity contribution in [3.63, 3.8) is 0 Å². The van der Waals surface area contributed by atoms with Gasteiger partial charge in [0, 0.05) is 11.8 Å². The Kier molecular flexibility index (Phi) is 5.44. The lowest BCUT2D eigenvalue weighted by molar-refractivity contribution is -0.146. The molecule has 1 saturated heterocycles. The lowest BCUT2D eigenvalue weighted by Gasteiger charge is -2.63. The maximum absolute atomic E-state index is 12.8. The molecule has 0 amide bonds. The number of hydrogen-bond acceptors (Lipinski definition) is 4. The molecular formula is C30H48O4. The van der Waals surface area contributed by atoms with Crippen LogP contribution in [0.4, 0.5) is 0 Å². The van der Waals surface area contributed by atoms with E-state index in [2.05, 4.69) is 47.6 Å². The van der Waals surface area contributed by atoms with Crippen LogP contribution in [0, 0.1) is 45.3 Å². The molecular weight excluding hydrogens is 424 g/mol. The van der Waals surface area contributed by atoms with E-state index in [4.69, 9.17) is 4.74 Å². The highest BCUT2D eigenvalue weighted by Crippen LogP contribution is 2.73. The van der Waals surface area contributed by atoms with Gasteiger partial charge in [-0.05, 0) is 92.3 Å². The summed E-state index contributed by atoms with van der Waals surface area (Å²) in [5.41, 5.74) is 0.964. The van der Waals surface area contributed by atoms with E-state index in [0.29, 0.717) is 29.5 Å². The normalized spacial score (nSPS) is 49.4. The fourth-order valence-electron chi connectivity index (χ4n) is 9.84. The molecule has 3 saturated carbocycles. The molecule has 5 aliphatic rings. The first-order chi connectivity index (χ1) is 15.6. The maximum atomic E-state index is 12.8. The number of fused-ring (bicyclic) bond motifs is 5. The van der Waals surface area contributed by atoms with Gasteiger partial charge < -0.3 is 14.9 Å². The van der Waals surface area contributed by atoms with E-state index >= 15 is 0 Å². The first kappa shape index (κ1) is 25.0. The van der Waals surface area contributed by atoms with E-state index in [1.54, 1.807) is 19.4 Å². The second kappa shape index (κ2) is 7.42. The Morgan fingerprint density at radius 1 is 1.06 bits per heavy atom. The summed E-state index contributed by atoms with van der Waals surface area (Å²) >= 11 is 0. The summed E-state index contributed by atoms with van der Waals surface area (Å²) in [5, 5.41) is 20.9. The van der Waals surface area contributed by atoms with E-state index in [1.807, 2.05) is 0 Å². The van der Waals surface area contributed by atoms with Gasteiger partial charge in [0.1, 0.15) is 18.0 Å². The number of aliphatic hydroxyl groups is 2. The number of carbonyl (C=O) groups is 1. The lowest BCUT2D eigenvalue weighted by atomic mass is 9.41. The number of ether oxygens (including phenoxy) is 1. The van der Waals surface area contributed by atoms with Crippen LogP contribution in [-0.4, -0.2) is 39.9 Å². The molecule has 1 heterocycles. The Morgan fingerprint density at radius 2 is 1.74 bits per heavy atom. The average Bonchev–Trinajstić information content (AvgIpc) is 3.48. The first-order valence-electron chi connectivity index (χ1n) is 13.9. The summed E-state index contributed by atoms with van der Waals surface area (Å²) in [6, 6.07) is 0. The van der Waals surface area contributed by atoms with Gasteiger partial charge in [0.05, 0.1) is 11.7 Å². The smallest absolute Gasteiger partial charge is 0.138 e. The first-order valence-corrected chi connectivity index (χ1v) is 13.9. The average molecular weight is 473 g/mol. The molecule has 0 aromatic carbocycles. The zero-order chi connectivity index (χ0) is 25.1. The molecule has 1 aliphatic heterocycles. The van der Waals surface area contributed by atoms with Gasteiger partial charge in [-0.3, -0.25) is 4.79 Å². The van der Waals surface area contributed by atoms with Gasteiger partial charge in [-0.15, -0.1) is 0 Å². The molecule has 0 aromatic heterocycles. The molecule has 0 aromatic rings. The third-order valence-corrected chi connectivity index (χ3v) is 12.4. The fraction of sp³-hybridized carbons (Fsp3) is 0.900. The highest BCUT2D eigenvalue weighted by molar-refractivity contribution is 5.85. The molecule has 4 fully saturated rings. The molecule has 0 bridgehead atoms. The van der Waals surface area contributed by atoms with Crippen molar-refractivity contribution in [2.24, 2.45) is 45.3 Å². The van der Waals surface area contributed by atoms with E-state index in [-0.39, 0.29) is 33.9 Å². The van der Waals surface area contributed by atoms with E-state index in [0.717, 1.165) is 19.3 Å². The summed E-state index contributed by atoms with van der Waals surface area (Å²) in [6.07, 6.45) is 9.21. The van der Waals surface area contributed by atoms with Crippen molar-refractivity contribution in [2.45, 2.75) is 124 Å². The van der Waals surface area contributed by atoms with Crippen LogP contribution >= 0.6 is 0 Å². The van der Waals surface area contributed by atoms with Crippen molar-refractivity contribution in [1.29, 1.82) is 0 Å². The van der Waals surface area contributed by atoms with E-state index in [1.165, 1.54) is 25.7 Å².